The predicted octanol–water partition coefficient (Wildman–Crippen LogP) is 1.37. The molecule has 0 radical (unpaired) electrons. The Morgan fingerprint density at radius 2 is 2.10 bits per heavy atom. The highest BCUT2D eigenvalue weighted by Crippen LogP contribution is 2.21. The number of nitrogens with zero attached hydrogens (tertiary/aromatic N) is 4. The molecule has 1 aliphatic heterocycles. The third-order valence-corrected chi connectivity index (χ3v) is 3.91. The van der Waals surface area contributed by atoms with Crippen molar-refractivity contribution in [2.24, 2.45) is 0 Å². The molecule has 1 aliphatic rings. The maximum Gasteiger partial charge on any atom is 0.138 e. The van der Waals surface area contributed by atoms with Gasteiger partial charge in [0.15, 0.2) is 0 Å². The number of hydrogen-bond donors (Lipinski definition) is 1. The molecule has 0 amide bonds. The SMILES string of the molecule is Clc1cc(CCN2CCNCC2)ccc1-n1cncn1. The Balaban J connectivity index is 1.64. The van der Waals surface area contributed by atoms with E-state index in [9.17, 15) is 0 Å². The maximum absolute atomic E-state index is 6.33. The van der Waals surface area contributed by atoms with E-state index in [1.165, 1.54) is 11.9 Å². The van der Waals surface area contributed by atoms with Crippen LogP contribution in [0.5, 0.6) is 0 Å². The number of benzene rings is 1. The van der Waals surface area contributed by atoms with E-state index < -0.39 is 0 Å². The van der Waals surface area contributed by atoms with Crippen LogP contribution in [0.2, 0.25) is 5.02 Å². The second-order valence-corrected chi connectivity index (χ2v) is 5.37. The zero-order chi connectivity index (χ0) is 13.8. The maximum atomic E-state index is 6.33. The highest BCUT2D eigenvalue weighted by molar-refractivity contribution is 6.32. The van der Waals surface area contributed by atoms with Gasteiger partial charge in [-0.05, 0) is 24.1 Å². The molecule has 0 bridgehead atoms. The van der Waals surface area contributed by atoms with Crippen LogP contribution in [0.1, 0.15) is 5.56 Å². The Hall–Kier alpha value is -1.43. The highest BCUT2D eigenvalue weighted by Gasteiger charge is 2.10. The molecule has 1 aromatic carbocycles. The normalized spacial score (nSPS) is 16.4. The molecule has 0 atom stereocenters. The molecule has 0 saturated carbocycles. The summed E-state index contributed by atoms with van der Waals surface area (Å²) in [5.41, 5.74) is 2.13. The smallest absolute Gasteiger partial charge is 0.138 e. The first-order valence-electron chi connectivity index (χ1n) is 6.89. The highest BCUT2D eigenvalue weighted by atomic mass is 35.5. The van der Waals surface area contributed by atoms with Crippen molar-refractivity contribution in [3.05, 3.63) is 41.4 Å². The van der Waals surface area contributed by atoms with E-state index in [1.54, 1.807) is 11.0 Å². The quantitative estimate of drug-likeness (QED) is 0.924. The predicted molar refractivity (Wildman–Crippen MR) is 79.4 cm³/mol. The monoisotopic (exact) mass is 291 g/mol. The van der Waals surface area contributed by atoms with Crippen LogP contribution in [0, 0.1) is 0 Å². The fourth-order valence-electron chi connectivity index (χ4n) is 2.45. The van der Waals surface area contributed by atoms with Gasteiger partial charge < -0.3 is 10.2 Å². The third kappa shape index (κ3) is 3.17. The Morgan fingerprint density at radius 3 is 2.80 bits per heavy atom. The number of hydrogen-bond acceptors (Lipinski definition) is 4. The van der Waals surface area contributed by atoms with Crippen molar-refractivity contribution in [3.8, 4) is 5.69 Å². The molecule has 6 heteroatoms. The molecule has 1 saturated heterocycles. The van der Waals surface area contributed by atoms with Gasteiger partial charge in [-0.2, -0.15) is 5.10 Å². The van der Waals surface area contributed by atoms with E-state index in [1.807, 2.05) is 12.1 Å². The van der Waals surface area contributed by atoms with Gasteiger partial charge in [0.25, 0.3) is 0 Å². The van der Waals surface area contributed by atoms with Gasteiger partial charge in [-0.15, -0.1) is 0 Å². The minimum absolute atomic E-state index is 0.716. The molecule has 3 rings (SSSR count). The summed E-state index contributed by atoms with van der Waals surface area (Å²) in [7, 11) is 0. The first kappa shape index (κ1) is 13.5. The zero-order valence-corrected chi connectivity index (χ0v) is 12.1. The Bertz CT molecular complexity index is 549. The number of halogens is 1. The van der Waals surface area contributed by atoms with E-state index >= 15 is 0 Å². The van der Waals surface area contributed by atoms with Crippen molar-refractivity contribution in [2.75, 3.05) is 32.7 Å². The van der Waals surface area contributed by atoms with Crippen LogP contribution >= 0.6 is 11.6 Å². The summed E-state index contributed by atoms with van der Waals surface area (Å²) >= 11 is 6.33. The molecule has 106 valence electrons. The average molecular weight is 292 g/mol. The molecule has 0 aliphatic carbocycles. The summed E-state index contributed by atoms with van der Waals surface area (Å²) in [6, 6.07) is 6.15. The van der Waals surface area contributed by atoms with Gasteiger partial charge in [-0.3, -0.25) is 0 Å². The molecule has 2 aromatic rings. The van der Waals surface area contributed by atoms with Gasteiger partial charge in [0.05, 0.1) is 10.7 Å². The molecular formula is C14H18ClN5. The fourth-order valence-corrected chi connectivity index (χ4v) is 2.74. The summed E-state index contributed by atoms with van der Waals surface area (Å²) in [6.07, 6.45) is 4.19. The van der Waals surface area contributed by atoms with Crippen molar-refractivity contribution in [1.82, 2.24) is 25.0 Å². The molecule has 0 unspecified atom stereocenters. The van der Waals surface area contributed by atoms with Crippen LogP contribution in [-0.4, -0.2) is 52.4 Å². The summed E-state index contributed by atoms with van der Waals surface area (Å²) in [5, 5.41) is 8.19. The molecule has 1 fully saturated rings. The summed E-state index contributed by atoms with van der Waals surface area (Å²) in [6.45, 7) is 5.52. The van der Waals surface area contributed by atoms with Crippen LogP contribution < -0.4 is 5.32 Å². The Morgan fingerprint density at radius 1 is 1.25 bits per heavy atom. The van der Waals surface area contributed by atoms with E-state index in [2.05, 4.69) is 26.4 Å². The van der Waals surface area contributed by atoms with Crippen molar-refractivity contribution < 1.29 is 0 Å². The number of piperazine rings is 1. The van der Waals surface area contributed by atoms with Crippen LogP contribution in [0.25, 0.3) is 5.69 Å². The Kier molecular flexibility index (Phi) is 4.30. The van der Waals surface area contributed by atoms with Gasteiger partial charge in [-0.25, -0.2) is 9.67 Å². The molecule has 0 spiro atoms. The average Bonchev–Trinajstić information content (AvgIpc) is 3.00. The molecular weight excluding hydrogens is 274 g/mol. The third-order valence-electron chi connectivity index (χ3n) is 3.60. The Labute approximate surface area is 123 Å². The van der Waals surface area contributed by atoms with Gasteiger partial charge in [-0.1, -0.05) is 17.7 Å². The van der Waals surface area contributed by atoms with Crippen molar-refractivity contribution in [2.45, 2.75) is 6.42 Å². The van der Waals surface area contributed by atoms with E-state index in [0.29, 0.717) is 5.02 Å². The lowest BCUT2D eigenvalue weighted by atomic mass is 10.1. The standard InChI is InChI=1S/C14H18ClN5/c15-13-9-12(3-6-19-7-4-16-5-8-19)1-2-14(13)20-11-17-10-18-20/h1-2,9-11,16H,3-8H2. The lowest BCUT2D eigenvalue weighted by molar-refractivity contribution is 0.244. The molecule has 1 N–H and O–H groups in total. The second-order valence-electron chi connectivity index (χ2n) is 4.97. The summed E-state index contributed by atoms with van der Waals surface area (Å²) in [4.78, 5) is 6.42. The van der Waals surface area contributed by atoms with Gasteiger partial charge in [0.2, 0.25) is 0 Å². The number of rotatable bonds is 4. The minimum atomic E-state index is 0.716. The topological polar surface area (TPSA) is 46.0 Å². The molecule has 1 aromatic heterocycles. The molecule has 20 heavy (non-hydrogen) atoms. The summed E-state index contributed by atoms with van der Waals surface area (Å²) in [5.74, 6) is 0. The molecule has 2 heterocycles. The van der Waals surface area contributed by atoms with E-state index in [4.69, 9.17) is 11.6 Å². The van der Waals surface area contributed by atoms with Crippen molar-refractivity contribution in [3.63, 3.8) is 0 Å². The summed E-state index contributed by atoms with van der Waals surface area (Å²) < 4.78 is 1.68. The lowest BCUT2D eigenvalue weighted by Gasteiger charge is -2.27. The fraction of sp³-hybridized carbons (Fsp3) is 0.429. The van der Waals surface area contributed by atoms with Crippen LogP contribution in [0.3, 0.4) is 0 Å². The van der Waals surface area contributed by atoms with Gasteiger partial charge >= 0.3 is 0 Å². The van der Waals surface area contributed by atoms with Crippen LogP contribution in [-0.2, 0) is 6.42 Å². The van der Waals surface area contributed by atoms with E-state index in [0.717, 1.165) is 44.8 Å². The van der Waals surface area contributed by atoms with Crippen LogP contribution in [0.4, 0.5) is 0 Å². The lowest BCUT2D eigenvalue weighted by Crippen LogP contribution is -2.44. The zero-order valence-electron chi connectivity index (χ0n) is 11.3. The first-order chi connectivity index (χ1) is 9.83. The number of nitrogens with one attached hydrogen (secondary N) is 1. The second kappa shape index (κ2) is 6.35. The van der Waals surface area contributed by atoms with Crippen molar-refractivity contribution in [1.29, 1.82) is 0 Å². The van der Waals surface area contributed by atoms with Crippen molar-refractivity contribution >= 4 is 11.6 Å². The number of aromatic nitrogens is 3. The molecule has 5 nitrogen and oxygen atoms in total. The first-order valence-corrected chi connectivity index (χ1v) is 7.27. The minimum Gasteiger partial charge on any atom is -0.314 e. The van der Waals surface area contributed by atoms with Crippen LogP contribution in [0.15, 0.2) is 30.9 Å². The largest absolute Gasteiger partial charge is 0.314 e. The van der Waals surface area contributed by atoms with E-state index in [-0.39, 0.29) is 0 Å². The van der Waals surface area contributed by atoms with Gasteiger partial charge in [0, 0.05) is 32.7 Å². The van der Waals surface area contributed by atoms with Gasteiger partial charge in [0.1, 0.15) is 12.7 Å².